The summed E-state index contributed by atoms with van der Waals surface area (Å²) in [4.78, 5) is 35.1. The molecule has 1 aliphatic rings. The molecule has 0 atom stereocenters. The van der Waals surface area contributed by atoms with Crippen LogP contribution in [0.5, 0.6) is 0 Å². The number of nitrogens with two attached hydrogens (primary N) is 1. The van der Waals surface area contributed by atoms with Crippen LogP contribution < -0.4 is 31.1 Å². The second-order valence-electron chi connectivity index (χ2n) is 9.63. The number of hydrogen-bond donors (Lipinski definition) is 3. The first-order chi connectivity index (χ1) is 18.5. The van der Waals surface area contributed by atoms with Crippen LogP contribution in [0.15, 0.2) is 47.5 Å². The zero-order valence-electron chi connectivity index (χ0n) is 21.8. The van der Waals surface area contributed by atoms with E-state index in [4.69, 9.17) is 17.3 Å². The number of thiazole rings is 1. The van der Waals surface area contributed by atoms with Crippen LogP contribution >= 0.6 is 22.9 Å². The number of aliphatic imine (C=N–C) groups is 1. The van der Waals surface area contributed by atoms with E-state index in [-0.39, 0.29) is 34.4 Å². The van der Waals surface area contributed by atoms with Gasteiger partial charge in [-0.05, 0) is 56.5 Å². The topological polar surface area (TPSA) is 136 Å². The van der Waals surface area contributed by atoms with Gasteiger partial charge >= 0.3 is 0 Å². The Balaban J connectivity index is 1.59. The Morgan fingerprint density at radius 3 is 2.67 bits per heavy atom. The van der Waals surface area contributed by atoms with Crippen LogP contribution in [0.4, 0.5) is 16.5 Å². The number of amides is 2. The SMILES string of the molecule is C=c1sc(NC(C)=O)n/c1=C/N=C(\N)N(c1cccc(NC(=O)c2cccc(C(C)(C)C#N)c2Cl)c1)C1CC1. The van der Waals surface area contributed by atoms with Crippen molar-refractivity contribution in [3.8, 4) is 6.07 Å². The minimum Gasteiger partial charge on any atom is -0.369 e. The lowest BCUT2D eigenvalue weighted by Gasteiger charge is -2.24. The fourth-order valence-electron chi connectivity index (χ4n) is 3.90. The number of halogens is 1. The second-order valence-corrected chi connectivity index (χ2v) is 11.1. The molecule has 1 aromatic heterocycles. The molecule has 3 aromatic rings. The Kier molecular flexibility index (Phi) is 8.04. The Morgan fingerprint density at radius 2 is 2.00 bits per heavy atom. The number of hydrogen-bond acceptors (Lipinski definition) is 6. The van der Waals surface area contributed by atoms with E-state index in [0.717, 1.165) is 18.5 Å². The molecule has 0 spiro atoms. The summed E-state index contributed by atoms with van der Waals surface area (Å²) in [5, 5.41) is 16.3. The predicted molar refractivity (Wildman–Crippen MR) is 157 cm³/mol. The summed E-state index contributed by atoms with van der Waals surface area (Å²) in [6, 6.07) is 14.8. The highest BCUT2D eigenvalue weighted by Gasteiger charge is 2.32. The van der Waals surface area contributed by atoms with Gasteiger partial charge in [0.25, 0.3) is 5.91 Å². The molecule has 2 aromatic carbocycles. The van der Waals surface area contributed by atoms with Crippen molar-refractivity contribution in [1.29, 1.82) is 5.26 Å². The van der Waals surface area contributed by atoms with E-state index >= 15 is 0 Å². The zero-order chi connectivity index (χ0) is 28.3. The Hall–Kier alpha value is -4.20. The maximum absolute atomic E-state index is 13.1. The average molecular weight is 562 g/mol. The highest BCUT2D eigenvalue weighted by Crippen LogP contribution is 2.34. The molecule has 11 heteroatoms. The van der Waals surface area contributed by atoms with E-state index in [9.17, 15) is 14.9 Å². The van der Waals surface area contributed by atoms with Gasteiger partial charge in [0.15, 0.2) is 5.13 Å². The van der Waals surface area contributed by atoms with Crippen LogP contribution in [0.3, 0.4) is 0 Å². The molecule has 4 rings (SSSR count). The van der Waals surface area contributed by atoms with E-state index in [1.165, 1.54) is 24.5 Å². The van der Waals surface area contributed by atoms with Crippen molar-refractivity contribution in [2.75, 3.05) is 15.5 Å². The molecule has 2 amide bonds. The normalized spacial score (nSPS) is 14.0. The first-order valence-corrected chi connectivity index (χ1v) is 13.4. The maximum Gasteiger partial charge on any atom is 0.257 e. The largest absolute Gasteiger partial charge is 0.369 e. The number of nitrogens with one attached hydrogen (secondary N) is 2. The summed E-state index contributed by atoms with van der Waals surface area (Å²) in [5.41, 5.74) is 7.75. The molecule has 0 unspecified atom stereocenters. The monoisotopic (exact) mass is 561 g/mol. The van der Waals surface area contributed by atoms with E-state index < -0.39 is 5.41 Å². The van der Waals surface area contributed by atoms with Crippen molar-refractivity contribution in [1.82, 2.24) is 4.98 Å². The number of benzene rings is 2. The van der Waals surface area contributed by atoms with Gasteiger partial charge < -0.3 is 21.3 Å². The van der Waals surface area contributed by atoms with Crippen molar-refractivity contribution < 1.29 is 9.59 Å². The van der Waals surface area contributed by atoms with Gasteiger partial charge in [0.05, 0.1) is 32.8 Å². The maximum atomic E-state index is 13.1. The van der Waals surface area contributed by atoms with Gasteiger partial charge in [-0.2, -0.15) is 5.26 Å². The third-order valence-electron chi connectivity index (χ3n) is 6.07. The summed E-state index contributed by atoms with van der Waals surface area (Å²) in [7, 11) is 0. The number of nitrogens with zero attached hydrogens (tertiary/aromatic N) is 4. The van der Waals surface area contributed by atoms with Crippen LogP contribution in [-0.4, -0.2) is 28.8 Å². The molecule has 0 bridgehead atoms. The summed E-state index contributed by atoms with van der Waals surface area (Å²) >= 11 is 7.80. The van der Waals surface area contributed by atoms with Gasteiger partial charge in [-0.1, -0.05) is 47.7 Å². The van der Waals surface area contributed by atoms with Gasteiger partial charge in [-0.25, -0.2) is 9.98 Å². The molecule has 1 heterocycles. The molecule has 9 nitrogen and oxygen atoms in total. The van der Waals surface area contributed by atoms with E-state index in [1.807, 2.05) is 23.1 Å². The lowest BCUT2D eigenvalue weighted by atomic mass is 9.85. The summed E-state index contributed by atoms with van der Waals surface area (Å²) in [5.74, 6) is -0.336. The van der Waals surface area contributed by atoms with Crippen molar-refractivity contribution in [3.63, 3.8) is 0 Å². The van der Waals surface area contributed by atoms with E-state index in [0.29, 0.717) is 26.3 Å². The molecular formula is C28H28ClN7O2S. The lowest BCUT2D eigenvalue weighted by Crippen LogP contribution is -2.39. The van der Waals surface area contributed by atoms with Gasteiger partial charge in [-0.3, -0.25) is 9.59 Å². The number of carbonyl (C=O) groups excluding carboxylic acids is 2. The molecule has 0 aliphatic heterocycles. The molecular weight excluding hydrogens is 534 g/mol. The Morgan fingerprint density at radius 1 is 1.28 bits per heavy atom. The van der Waals surface area contributed by atoms with Crippen LogP contribution in [0.25, 0.3) is 12.8 Å². The Labute approximate surface area is 235 Å². The number of carbonyl (C=O) groups is 2. The standard InChI is InChI=1S/C28H28ClN7O2S/c1-16-23(35-27(39-16)33-17(2)37)14-32-26(31)36(19-11-12-19)20-8-5-7-18(13-20)34-25(38)21-9-6-10-22(24(21)29)28(3,4)15-30/h5-10,13-14,19H,1,11-12H2,2-4H3,(H2,31,32)(H,34,38)(H,33,35,37)/b23-14+. The molecule has 200 valence electrons. The van der Waals surface area contributed by atoms with E-state index in [1.54, 1.807) is 38.1 Å². The first-order valence-electron chi connectivity index (χ1n) is 12.2. The molecule has 1 saturated carbocycles. The van der Waals surface area contributed by atoms with Crippen LogP contribution in [0.2, 0.25) is 5.02 Å². The summed E-state index contributed by atoms with van der Waals surface area (Å²) < 4.78 is 0.652. The lowest BCUT2D eigenvalue weighted by molar-refractivity contribution is -0.114. The first kappa shape index (κ1) is 27.8. The van der Waals surface area contributed by atoms with Crippen molar-refractivity contribution in [3.05, 3.63) is 68.5 Å². The minimum absolute atomic E-state index is 0.178. The second kappa shape index (κ2) is 11.3. The van der Waals surface area contributed by atoms with Crippen LogP contribution in [0, 0.1) is 11.3 Å². The minimum atomic E-state index is -0.843. The van der Waals surface area contributed by atoms with Gasteiger partial charge in [0.1, 0.15) is 5.35 Å². The van der Waals surface area contributed by atoms with Crippen molar-refractivity contribution in [2.24, 2.45) is 10.7 Å². The molecule has 0 radical (unpaired) electrons. The summed E-state index contributed by atoms with van der Waals surface area (Å²) in [6.45, 7) is 8.87. The predicted octanol–water partition coefficient (Wildman–Crippen LogP) is 3.94. The van der Waals surface area contributed by atoms with Gasteiger partial charge in [0.2, 0.25) is 11.9 Å². The van der Waals surface area contributed by atoms with Crippen molar-refractivity contribution >= 4 is 70.0 Å². The number of nitriles is 1. The third-order valence-corrected chi connectivity index (χ3v) is 7.32. The van der Waals surface area contributed by atoms with Crippen molar-refractivity contribution in [2.45, 2.75) is 45.1 Å². The average Bonchev–Trinajstić information content (AvgIpc) is 3.65. The summed E-state index contributed by atoms with van der Waals surface area (Å²) in [6.07, 6.45) is 3.43. The molecule has 39 heavy (non-hydrogen) atoms. The Bertz CT molecular complexity index is 1620. The van der Waals surface area contributed by atoms with E-state index in [2.05, 4.69) is 33.3 Å². The number of guanidine groups is 1. The molecule has 4 N–H and O–H groups in total. The highest BCUT2D eigenvalue weighted by molar-refractivity contribution is 7.13. The number of rotatable bonds is 7. The van der Waals surface area contributed by atoms with Gasteiger partial charge in [-0.15, -0.1) is 0 Å². The van der Waals surface area contributed by atoms with Crippen LogP contribution in [0.1, 0.15) is 49.5 Å². The van der Waals surface area contributed by atoms with Crippen LogP contribution in [-0.2, 0) is 10.2 Å². The zero-order valence-corrected chi connectivity index (χ0v) is 23.4. The number of aromatic nitrogens is 1. The molecule has 1 fully saturated rings. The number of anilines is 3. The molecule has 0 saturated heterocycles. The fraction of sp³-hybridized carbons (Fsp3) is 0.250. The third kappa shape index (κ3) is 6.45. The molecule has 1 aliphatic carbocycles. The smallest absolute Gasteiger partial charge is 0.257 e. The van der Waals surface area contributed by atoms with Gasteiger partial charge in [0, 0.05) is 24.3 Å². The quantitative estimate of drug-likeness (QED) is 0.295. The highest BCUT2D eigenvalue weighted by atomic mass is 35.5. The fourth-order valence-corrected chi connectivity index (χ4v) is 5.13.